The van der Waals surface area contributed by atoms with Gasteiger partial charge in [0.15, 0.2) is 5.60 Å². The summed E-state index contributed by atoms with van der Waals surface area (Å²) in [6.45, 7) is 5.63. The van der Waals surface area contributed by atoms with Crippen LogP contribution in [0, 0.1) is 0 Å². The Labute approximate surface area is 137 Å². The van der Waals surface area contributed by atoms with Crippen LogP contribution in [0.15, 0.2) is 24.3 Å². The number of benzene rings is 1. The van der Waals surface area contributed by atoms with Crippen LogP contribution in [0.1, 0.15) is 47.6 Å². The van der Waals surface area contributed by atoms with Crippen molar-refractivity contribution in [2.75, 3.05) is 5.32 Å². The first kappa shape index (κ1) is 15.6. The highest BCUT2D eigenvalue weighted by Crippen LogP contribution is 2.30. The molecule has 2 heterocycles. The Morgan fingerprint density at radius 2 is 2.09 bits per heavy atom. The number of cyclic esters (lactones) is 1. The summed E-state index contributed by atoms with van der Waals surface area (Å²) in [5.74, 6) is -0.635. The molecule has 1 unspecified atom stereocenters. The second-order valence-electron chi connectivity index (χ2n) is 6.01. The molecule has 0 bridgehead atoms. The molecule has 1 N–H and O–H groups in total. The molecule has 0 radical (unpaired) electrons. The largest absolute Gasteiger partial charge is 0.445 e. The minimum absolute atomic E-state index is 0.244. The van der Waals surface area contributed by atoms with Gasteiger partial charge in [0.25, 0.3) is 5.91 Å². The summed E-state index contributed by atoms with van der Waals surface area (Å²) in [6.07, 6.45) is 0.330. The van der Waals surface area contributed by atoms with Gasteiger partial charge < -0.3 is 4.74 Å². The van der Waals surface area contributed by atoms with Crippen LogP contribution in [0.2, 0.25) is 0 Å². The van der Waals surface area contributed by atoms with Gasteiger partial charge in [-0.05, 0) is 18.6 Å². The molecule has 1 aliphatic heterocycles. The van der Waals surface area contributed by atoms with Crippen LogP contribution in [-0.4, -0.2) is 27.7 Å². The van der Waals surface area contributed by atoms with Crippen LogP contribution in [0.3, 0.4) is 0 Å². The predicted octanol–water partition coefficient (Wildman–Crippen LogP) is 2.77. The second-order valence-corrected chi connectivity index (χ2v) is 7.02. The van der Waals surface area contributed by atoms with Crippen LogP contribution >= 0.6 is 11.3 Å². The summed E-state index contributed by atoms with van der Waals surface area (Å²) in [5, 5.41) is 12.0. The highest BCUT2D eigenvalue weighted by Gasteiger charge is 2.42. The molecule has 0 fully saturated rings. The number of esters is 1. The van der Waals surface area contributed by atoms with Crippen molar-refractivity contribution in [2.45, 2.75) is 38.7 Å². The summed E-state index contributed by atoms with van der Waals surface area (Å²) in [6, 6.07) is 7.16. The van der Waals surface area contributed by atoms with E-state index in [4.69, 9.17) is 4.74 Å². The summed E-state index contributed by atoms with van der Waals surface area (Å²) < 4.78 is 5.39. The van der Waals surface area contributed by atoms with Gasteiger partial charge in [-0.15, -0.1) is 10.2 Å². The molecule has 0 saturated heterocycles. The van der Waals surface area contributed by atoms with E-state index in [9.17, 15) is 9.59 Å². The lowest BCUT2D eigenvalue weighted by molar-refractivity contribution is -0.134. The third kappa shape index (κ3) is 2.96. The highest BCUT2D eigenvalue weighted by molar-refractivity contribution is 7.15. The Kier molecular flexibility index (Phi) is 3.89. The SMILES string of the molecule is CC(C)c1nnc(NC(=O)C2(C)Cc3ccccc3C(=O)O2)s1. The molecule has 1 amide bonds. The van der Waals surface area contributed by atoms with E-state index in [2.05, 4.69) is 15.5 Å². The molecule has 7 heteroatoms. The van der Waals surface area contributed by atoms with Crippen molar-refractivity contribution in [3.05, 3.63) is 40.4 Å². The van der Waals surface area contributed by atoms with E-state index in [0.29, 0.717) is 17.1 Å². The first-order valence-electron chi connectivity index (χ1n) is 7.35. The number of carbonyl (C=O) groups is 2. The molecule has 1 aromatic heterocycles. The zero-order valence-corrected chi connectivity index (χ0v) is 13.9. The molecule has 6 nitrogen and oxygen atoms in total. The molecule has 0 spiro atoms. The molecule has 3 rings (SSSR count). The maximum Gasteiger partial charge on any atom is 0.339 e. The molecule has 2 aromatic rings. The van der Waals surface area contributed by atoms with Gasteiger partial charge in [-0.25, -0.2) is 4.79 Å². The minimum atomic E-state index is -1.25. The number of nitrogens with zero attached hydrogens (tertiary/aromatic N) is 2. The summed E-state index contributed by atoms with van der Waals surface area (Å²) in [5.41, 5.74) is 0.0621. The van der Waals surface area contributed by atoms with E-state index in [1.54, 1.807) is 19.1 Å². The first-order chi connectivity index (χ1) is 10.9. The Morgan fingerprint density at radius 1 is 1.35 bits per heavy atom. The Hall–Kier alpha value is -2.28. The standard InChI is InChI=1S/C16H17N3O3S/c1-9(2)12-18-19-15(23-12)17-14(21)16(3)8-10-6-4-5-7-11(10)13(20)22-16/h4-7,9H,8H2,1-3H3,(H,17,19,21). The van der Waals surface area contributed by atoms with Gasteiger partial charge in [0.2, 0.25) is 5.13 Å². The van der Waals surface area contributed by atoms with Crippen LogP contribution < -0.4 is 5.32 Å². The molecular weight excluding hydrogens is 314 g/mol. The number of hydrogen-bond donors (Lipinski definition) is 1. The van der Waals surface area contributed by atoms with Crippen molar-refractivity contribution >= 4 is 28.3 Å². The maximum atomic E-state index is 12.6. The van der Waals surface area contributed by atoms with E-state index in [0.717, 1.165) is 10.6 Å². The number of anilines is 1. The van der Waals surface area contributed by atoms with E-state index in [1.807, 2.05) is 26.0 Å². The van der Waals surface area contributed by atoms with Gasteiger partial charge in [0.1, 0.15) is 5.01 Å². The molecule has 1 aromatic carbocycles. The topological polar surface area (TPSA) is 81.2 Å². The van der Waals surface area contributed by atoms with E-state index >= 15 is 0 Å². The number of carbonyl (C=O) groups excluding carboxylic acids is 2. The van der Waals surface area contributed by atoms with Gasteiger partial charge in [-0.3, -0.25) is 10.1 Å². The van der Waals surface area contributed by atoms with Crippen LogP contribution in [0.25, 0.3) is 0 Å². The molecule has 0 aliphatic carbocycles. The summed E-state index contributed by atoms with van der Waals surface area (Å²) in [7, 11) is 0. The van der Waals surface area contributed by atoms with Crippen molar-refractivity contribution in [1.82, 2.24) is 10.2 Å². The molecule has 1 aliphatic rings. The van der Waals surface area contributed by atoms with E-state index in [-0.39, 0.29) is 5.92 Å². The van der Waals surface area contributed by atoms with Gasteiger partial charge in [-0.1, -0.05) is 43.4 Å². The van der Waals surface area contributed by atoms with Gasteiger partial charge in [0, 0.05) is 12.3 Å². The smallest absolute Gasteiger partial charge is 0.339 e. The first-order valence-corrected chi connectivity index (χ1v) is 8.17. The van der Waals surface area contributed by atoms with Crippen LogP contribution in [0.5, 0.6) is 0 Å². The Bertz CT molecular complexity index is 771. The van der Waals surface area contributed by atoms with Crippen molar-refractivity contribution in [3.8, 4) is 0 Å². The van der Waals surface area contributed by atoms with Crippen molar-refractivity contribution in [2.24, 2.45) is 0 Å². The molecule has 1 atom stereocenters. The summed E-state index contributed by atoms with van der Waals surface area (Å²) >= 11 is 1.32. The van der Waals surface area contributed by atoms with Gasteiger partial charge >= 0.3 is 5.97 Å². The summed E-state index contributed by atoms with van der Waals surface area (Å²) in [4.78, 5) is 24.7. The number of ether oxygens (including phenoxy) is 1. The molecule has 0 saturated carbocycles. The third-order valence-corrected chi connectivity index (χ3v) is 4.86. The third-order valence-electron chi connectivity index (χ3n) is 3.72. The molecular formula is C16H17N3O3S. The zero-order valence-electron chi connectivity index (χ0n) is 13.1. The van der Waals surface area contributed by atoms with Crippen LogP contribution in [0.4, 0.5) is 5.13 Å². The Balaban J connectivity index is 1.80. The number of hydrogen-bond acceptors (Lipinski definition) is 6. The fourth-order valence-electron chi connectivity index (χ4n) is 2.41. The molecule has 23 heavy (non-hydrogen) atoms. The van der Waals surface area contributed by atoms with E-state index < -0.39 is 17.5 Å². The van der Waals surface area contributed by atoms with Crippen molar-refractivity contribution in [1.29, 1.82) is 0 Å². The fourth-order valence-corrected chi connectivity index (χ4v) is 3.15. The zero-order chi connectivity index (χ0) is 16.6. The van der Waals surface area contributed by atoms with Gasteiger partial charge in [0.05, 0.1) is 5.56 Å². The van der Waals surface area contributed by atoms with Gasteiger partial charge in [-0.2, -0.15) is 0 Å². The van der Waals surface area contributed by atoms with E-state index in [1.165, 1.54) is 11.3 Å². The quantitative estimate of drug-likeness (QED) is 0.875. The lowest BCUT2D eigenvalue weighted by Gasteiger charge is -2.32. The average molecular weight is 331 g/mol. The van der Waals surface area contributed by atoms with Crippen molar-refractivity contribution in [3.63, 3.8) is 0 Å². The maximum absolute atomic E-state index is 12.6. The number of nitrogens with one attached hydrogen (secondary N) is 1. The molecule has 120 valence electrons. The number of aromatic nitrogens is 2. The monoisotopic (exact) mass is 331 g/mol. The highest BCUT2D eigenvalue weighted by atomic mass is 32.1. The number of fused-ring (bicyclic) bond motifs is 1. The normalized spacial score (nSPS) is 20.1. The van der Waals surface area contributed by atoms with Crippen molar-refractivity contribution < 1.29 is 14.3 Å². The number of rotatable bonds is 3. The van der Waals surface area contributed by atoms with Crippen LogP contribution in [-0.2, 0) is 16.0 Å². The number of amides is 1. The Morgan fingerprint density at radius 3 is 2.78 bits per heavy atom. The second kappa shape index (κ2) is 5.73. The lowest BCUT2D eigenvalue weighted by Crippen LogP contribution is -2.48. The fraction of sp³-hybridized carbons (Fsp3) is 0.375. The minimum Gasteiger partial charge on any atom is -0.445 e. The average Bonchev–Trinajstić information content (AvgIpc) is 2.96. The lowest BCUT2D eigenvalue weighted by atomic mass is 9.89. The predicted molar refractivity (Wildman–Crippen MR) is 86.6 cm³/mol.